The quantitative estimate of drug-likeness (QED) is 0.795. The van der Waals surface area contributed by atoms with Crippen LogP contribution in [-0.4, -0.2) is 53.0 Å². The predicted molar refractivity (Wildman–Crippen MR) is 104 cm³/mol. The lowest BCUT2D eigenvalue weighted by Crippen LogP contribution is -2.46. The Bertz CT molecular complexity index is 713. The molecular weight excluding hydrogens is 394 g/mol. The average molecular weight is 419 g/mol. The number of likely N-dealkylation sites (N-methyl/N-ethyl adjacent to an activating group) is 1. The molecule has 1 aromatic rings. The molecule has 1 aliphatic heterocycles. The van der Waals surface area contributed by atoms with E-state index in [1.165, 1.54) is 17.0 Å². The number of benzene rings is 1. The fourth-order valence-electron chi connectivity index (χ4n) is 4.45. The fourth-order valence-corrected chi connectivity index (χ4v) is 4.67. The summed E-state index contributed by atoms with van der Waals surface area (Å²) in [5.74, 6) is -1.26. The normalized spacial score (nSPS) is 25.6. The van der Waals surface area contributed by atoms with Crippen molar-refractivity contribution in [2.45, 2.75) is 38.8 Å². The summed E-state index contributed by atoms with van der Waals surface area (Å²) < 4.78 is 14.0. The third kappa shape index (κ3) is 3.93. The number of amides is 1. The Hall–Kier alpha value is -1.37. The van der Waals surface area contributed by atoms with Crippen LogP contribution in [0.1, 0.15) is 31.7 Å². The van der Waals surface area contributed by atoms with E-state index in [4.69, 9.17) is 11.6 Å². The molecule has 1 saturated carbocycles. The van der Waals surface area contributed by atoms with Crippen LogP contribution >= 0.6 is 24.0 Å². The molecule has 5 nitrogen and oxygen atoms in total. The maximum Gasteiger partial charge on any atom is 0.311 e. The predicted octanol–water partition coefficient (Wildman–Crippen LogP) is 3.43. The minimum Gasteiger partial charge on any atom is -0.481 e. The van der Waals surface area contributed by atoms with Crippen molar-refractivity contribution in [1.29, 1.82) is 0 Å². The zero-order valence-corrected chi connectivity index (χ0v) is 17.0. The largest absolute Gasteiger partial charge is 0.481 e. The Morgan fingerprint density at radius 3 is 2.78 bits per heavy atom. The van der Waals surface area contributed by atoms with Crippen molar-refractivity contribution in [3.63, 3.8) is 0 Å². The molecule has 1 aromatic carbocycles. The highest BCUT2D eigenvalue weighted by molar-refractivity contribution is 6.31. The van der Waals surface area contributed by atoms with Gasteiger partial charge in [-0.05, 0) is 37.8 Å². The van der Waals surface area contributed by atoms with Gasteiger partial charge >= 0.3 is 5.97 Å². The van der Waals surface area contributed by atoms with Crippen molar-refractivity contribution in [3.8, 4) is 0 Å². The second-order valence-electron chi connectivity index (χ2n) is 7.55. The third-order valence-corrected chi connectivity index (χ3v) is 6.42. The molecular formula is C19H25Cl2FN2O3. The summed E-state index contributed by atoms with van der Waals surface area (Å²) >= 11 is 6.05. The van der Waals surface area contributed by atoms with Crippen LogP contribution in [0, 0.1) is 17.2 Å². The number of aliphatic carboxylic acids is 1. The van der Waals surface area contributed by atoms with E-state index < -0.39 is 23.2 Å². The molecule has 0 bridgehead atoms. The summed E-state index contributed by atoms with van der Waals surface area (Å²) in [6.45, 7) is 2.89. The summed E-state index contributed by atoms with van der Waals surface area (Å²) in [5, 5.41) is 9.99. The fraction of sp³-hybridized carbons (Fsp3) is 0.579. The van der Waals surface area contributed by atoms with Gasteiger partial charge in [0.1, 0.15) is 5.82 Å². The number of carbonyl (C=O) groups excluding carboxylic acids is 1. The van der Waals surface area contributed by atoms with E-state index in [0.29, 0.717) is 19.5 Å². The summed E-state index contributed by atoms with van der Waals surface area (Å²) in [6, 6.07) is 3.99. The number of rotatable bonds is 5. The van der Waals surface area contributed by atoms with Crippen LogP contribution < -0.4 is 0 Å². The number of nitrogens with zero attached hydrogens (tertiary/aromatic N) is 2. The molecule has 27 heavy (non-hydrogen) atoms. The topological polar surface area (TPSA) is 60.9 Å². The molecule has 1 heterocycles. The summed E-state index contributed by atoms with van der Waals surface area (Å²) in [4.78, 5) is 28.0. The highest BCUT2D eigenvalue weighted by atomic mass is 35.5. The molecule has 1 unspecified atom stereocenters. The molecule has 8 heteroatoms. The molecule has 2 aliphatic rings. The molecule has 3 atom stereocenters. The first-order valence-electron chi connectivity index (χ1n) is 8.91. The summed E-state index contributed by atoms with van der Waals surface area (Å²) in [5.41, 5.74) is -0.431. The number of carbonyl (C=O) groups is 2. The van der Waals surface area contributed by atoms with E-state index >= 15 is 0 Å². The van der Waals surface area contributed by atoms with E-state index in [-0.39, 0.29) is 41.4 Å². The molecule has 1 aliphatic carbocycles. The van der Waals surface area contributed by atoms with Gasteiger partial charge in [0, 0.05) is 37.3 Å². The van der Waals surface area contributed by atoms with Gasteiger partial charge in [-0.1, -0.05) is 24.1 Å². The van der Waals surface area contributed by atoms with Gasteiger partial charge in [-0.15, -0.1) is 12.4 Å². The lowest BCUT2D eigenvalue weighted by Gasteiger charge is -2.29. The number of fused-ring (bicyclic) bond motifs is 1. The van der Waals surface area contributed by atoms with Gasteiger partial charge in [0.2, 0.25) is 5.91 Å². The maximum absolute atomic E-state index is 14.0. The van der Waals surface area contributed by atoms with Gasteiger partial charge in [0.15, 0.2) is 0 Å². The number of likely N-dealkylation sites (tertiary alicyclic amines) is 1. The first-order chi connectivity index (χ1) is 12.3. The number of hydrogen-bond donors (Lipinski definition) is 1. The second kappa shape index (κ2) is 8.33. The van der Waals surface area contributed by atoms with Gasteiger partial charge in [-0.2, -0.15) is 0 Å². The van der Waals surface area contributed by atoms with Gasteiger partial charge in [-0.3, -0.25) is 14.5 Å². The molecule has 2 fully saturated rings. The van der Waals surface area contributed by atoms with E-state index in [0.717, 1.165) is 12.8 Å². The smallest absolute Gasteiger partial charge is 0.311 e. The second-order valence-corrected chi connectivity index (χ2v) is 7.96. The maximum atomic E-state index is 14.0. The number of carboxylic acid groups (broad SMARTS) is 1. The molecule has 150 valence electrons. The van der Waals surface area contributed by atoms with Crippen molar-refractivity contribution in [1.82, 2.24) is 9.80 Å². The van der Waals surface area contributed by atoms with Gasteiger partial charge < -0.3 is 10.0 Å². The molecule has 1 amide bonds. The standard InChI is InChI=1S/C19H24ClFN2O3.ClH/c1-12(23-9-13-5-4-8-19(13,11-23)18(25)26)17(24)22(2)10-14-15(20)6-3-7-16(14)21;/h3,6-7,12-13H,4-5,8-11H2,1-2H3,(H,25,26);1H/t12?,13-,19+;/m0./s1. The molecule has 3 rings (SSSR count). The van der Waals surface area contributed by atoms with E-state index in [2.05, 4.69) is 0 Å². The Morgan fingerprint density at radius 1 is 1.48 bits per heavy atom. The van der Waals surface area contributed by atoms with Crippen LogP contribution in [0.15, 0.2) is 18.2 Å². The van der Waals surface area contributed by atoms with Gasteiger partial charge in [-0.25, -0.2) is 4.39 Å². The van der Waals surface area contributed by atoms with Crippen molar-refractivity contribution in [3.05, 3.63) is 34.6 Å². The average Bonchev–Trinajstić information content (AvgIpc) is 3.15. The van der Waals surface area contributed by atoms with Crippen LogP contribution in [0.2, 0.25) is 5.02 Å². The first kappa shape index (κ1) is 21.9. The van der Waals surface area contributed by atoms with Crippen molar-refractivity contribution in [2.75, 3.05) is 20.1 Å². The Balaban J connectivity index is 0.00000261. The Labute approximate surface area is 169 Å². The van der Waals surface area contributed by atoms with Crippen LogP contribution in [0.5, 0.6) is 0 Å². The lowest BCUT2D eigenvalue weighted by atomic mass is 9.81. The van der Waals surface area contributed by atoms with Crippen molar-refractivity contribution < 1.29 is 19.1 Å². The van der Waals surface area contributed by atoms with Crippen LogP contribution in [-0.2, 0) is 16.1 Å². The Morgan fingerprint density at radius 2 is 2.19 bits per heavy atom. The first-order valence-corrected chi connectivity index (χ1v) is 9.29. The summed E-state index contributed by atoms with van der Waals surface area (Å²) in [6.07, 6.45) is 2.49. The molecule has 0 radical (unpaired) electrons. The van der Waals surface area contributed by atoms with Crippen LogP contribution in [0.25, 0.3) is 0 Å². The van der Waals surface area contributed by atoms with Gasteiger partial charge in [0.25, 0.3) is 0 Å². The van der Waals surface area contributed by atoms with Crippen LogP contribution in [0.4, 0.5) is 4.39 Å². The Kier molecular flexibility index (Phi) is 6.77. The molecule has 1 saturated heterocycles. The molecule has 0 aromatic heterocycles. The lowest BCUT2D eigenvalue weighted by molar-refractivity contribution is -0.150. The highest BCUT2D eigenvalue weighted by Crippen LogP contribution is 2.49. The number of hydrogen-bond acceptors (Lipinski definition) is 3. The number of carboxylic acids is 1. The minimum atomic E-state index is -0.756. The zero-order chi connectivity index (χ0) is 19.1. The highest BCUT2D eigenvalue weighted by Gasteiger charge is 2.56. The van der Waals surface area contributed by atoms with Crippen molar-refractivity contribution >= 4 is 35.9 Å². The monoisotopic (exact) mass is 418 g/mol. The number of halogens is 3. The van der Waals surface area contributed by atoms with Gasteiger partial charge in [0.05, 0.1) is 11.5 Å². The van der Waals surface area contributed by atoms with E-state index in [1.54, 1.807) is 20.0 Å². The summed E-state index contributed by atoms with van der Waals surface area (Å²) in [7, 11) is 1.62. The van der Waals surface area contributed by atoms with E-state index in [9.17, 15) is 19.1 Å². The van der Waals surface area contributed by atoms with E-state index in [1.807, 2.05) is 4.90 Å². The third-order valence-electron chi connectivity index (χ3n) is 6.06. The van der Waals surface area contributed by atoms with Crippen molar-refractivity contribution in [2.24, 2.45) is 11.3 Å². The zero-order valence-electron chi connectivity index (χ0n) is 15.5. The van der Waals surface area contributed by atoms with Crippen LogP contribution in [0.3, 0.4) is 0 Å². The molecule has 1 N–H and O–H groups in total. The SMILES string of the molecule is CC(C(=O)N(C)Cc1c(F)cccc1Cl)N1C[C@@H]2CCC[C@@]2(C(=O)O)C1.Cl. The molecule has 0 spiro atoms. The minimum absolute atomic E-state index is 0.